The monoisotopic (exact) mass is 548 g/mol. The first-order chi connectivity index (χ1) is 17.9. The Kier molecular flexibility index (Phi) is 7.98. The van der Waals surface area contributed by atoms with Crippen LogP contribution in [0.1, 0.15) is 21.5 Å². The van der Waals surface area contributed by atoms with Gasteiger partial charge in [0.25, 0.3) is 5.91 Å². The maximum absolute atomic E-state index is 13.0. The van der Waals surface area contributed by atoms with Crippen molar-refractivity contribution in [3.8, 4) is 22.6 Å². The lowest BCUT2D eigenvalue weighted by molar-refractivity contribution is -0.137. The van der Waals surface area contributed by atoms with E-state index in [2.05, 4.69) is 5.32 Å². The lowest BCUT2D eigenvalue weighted by Gasteiger charge is -2.26. The molecule has 202 valence electrons. The van der Waals surface area contributed by atoms with E-state index in [1.165, 1.54) is 24.3 Å². The predicted octanol–water partition coefficient (Wildman–Crippen LogP) is 4.75. The number of carbonyl (C=O) groups is 1. The number of halogens is 3. The summed E-state index contributed by atoms with van der Waals surface area (Å²) in [5, 5.41) is 12.5. The molecule has 0 bridgehead atoms. The number of phenols is 1. The van der Waals surface area contributed by atoms with Gasteiger partial charge in [-0.2, -0.15) is 13.2 Å². The van der Waals surface area contributed by atoms with Crippen molar-refractivity contribution in [1.29, 1.82) is 0 Å². The summed E-state index contributed by atoms with van der Waals surface area (Å²) >= 11 is 0. The molecule has 3 aromatic carbocycles. The summed E-state index contributed by atoms with van der Waals surface area (Å²) in [6, 6.07) is 14.0. The van der Waals surface area contributed by atoms with Crippen LogP contribution in [0.15, 0.2) is 60.7 Å². The minimum atomic E-state index is -4.46. The summed E-state index contributed by atoms with van der Waals surface area (Å²) in [5.41, 5.74) is 1.57. The lowest BCUT2D eigenvalue weighted by atomic mass is 10.0. The first-order valence-electron chi connectivity index (χ1n) is 11.9. The number of aryl methyl sites for hydroxylation is 1. The van der Waals surface area contributed by atoms with Crippen molar-refractivity contribution >= 4 is 21.4 Å². The van der Waals surface area contributed by atoms with Gasteiger partial charge in [0.15, 0.2) is 9.84 Å². The SMILES string of the molecule is Cc1cc(NC(=O)c2ccc(-c3ccc(C(F)(F)F)cc3)c(OCCN3CCS(=O)(=O)CC3)c2)ccc1O. The second-order valence-corrected chi connectivity index (χ2v) is 11.4. The molecule has 7 nitrogen and oxygen atoms in total. The minimum absolute atomic E-state index is 0.0796. The molecule has 0 aliphatic carbocycles. The molecular weight excluding hydrogens is 521 g/mol. The normalized spacial score (nSPS) is 15.7. The number of phenolic OH excluding ortho intramolecular Hbond substituents is 1. The van der Waals surface area contributed by atoms with Crippen molar-refractivity contribution in [2.75, 3.05) is 43.1 Å². The standard InChI is InChI=1S/C27H27F3N2O5S/c1-18-16-22(7-9-24(18)33)31-26(34)20-4-8-23(19-2-5-21(6-3-19)27(28,29)30)25(17-20)37-13-10-32-11-14-38(35,36)15-12-32/h2-9,16-17,33H,10-15H2,1H3,(H,31,34). The zero-order chi connectivity index (χ0) is 27.5. The fourth-order valence-electron chi connectivity index (χ4n) is 4.06. The van der Waals surface area contributed by atoms with Crippen molar-refractivity contribution in [3.05, 3.63) is 77.4 Å². The van der Waals surface area contributed by atoms with E-state index in [1.54, 1.807) is 31.2 Å². The molecule has 0 unspecified atom stereocenters. The van der Waals surface area contributed by atoms with E-state index in [0.717, 1.165) is 12.1 Å². The molecule has 38 heavy (non-hydrogen) atoms. The molecule has 4 rings (SSSR count). The fraction of sp³-hybridized carbons (Fsp3) is 0.296. The van der Waals surface area contributed by atoms with E-state index in [-0.39, 0.29) is 29.4 Å². The number of nitrogens with zero attached hydrogens (tertiary/aromatic N) is 1. The molecule has 1 fully saturated rings. The van der Waals surface area contributed by atoms with Gasteiger partial charge in [-0.25, -0.2) is 8.42 Å². The summed E-state index contributed by atoms with van der Waals surface area (Å²) in [6.07, 6.45) is -4.46. The third-order valence-corrected chi connectivity index (χ3v) is 7.93. The zero-order valence-corrected chi connectivity index (χ0v) is 21.4. The third-order valence-electron chi connectivity index (χ3n) is 6.32. The number of nitrogens with one attached hydrogen (secondary N) is 1. The number of alkyl halides is 3. The first kappa shape index (κ1) is 27.5. The Morgan fingerprint density at radius 3 is 2.34 bits per heavy atom. The smallest absolute Gasteiger partial charge is 0.416 e. The molecule has 3 aromatic rings. The molecule has 0 saturated carbocycles. The number of anilines is 1. The van der Waals surface area contributed by atoms with Crippen LogP contribution in [0.3, 0.4) is 0 Å². The van der Waals surface area contributed by atoms with Gasteiger partial charge in [0.2, 0.25) is 0 Å². The van der Waals surface area contributed by atoms with Gasteiger partial charge in [-0.3, -0.25) is 9.69 Å². The summed E-state index contributed by atoms with van der Waals surface area (Å²) in [5.74, 6) is 0.141. The van der Waals surface area contributed by atoms with E-state index >= 15 is 0 Å². The van der Waals surface area contributed by atoms with Crippen LogP contribution >= 0.6 is 0 Å². The van der Waals surface area contributed by atoms with Crippen LogP contribution in [-0.4, -0.2) is 62.1 Å². The second-order valence-electron chi connectivity index (χ2n) is 9.08. The molecule has 1 amide bonds. The fourth-order valence-corrected chi connectivity index (χ4v) is 5.33. The van der Waals surface area contributed by atoms with Gasteiger partial charge in [0, 0.05) is 36.4 Å². The third kappa shape index (κ3) is 6.84. The number of hydrogen-bond donors (Lipinski definition) is 2. The molecule has 0 radical (unpaired) electrons. The van der Waals surface area contributed by atoms with E-state index in [0.29, 0.717) is 47.8 Å². The van der Waals surface area contributed by atoms with Crippen LogP contribution in [-0.2, 0) is 16.0 Å². The van der Waals surface area contributed by atoms with E-state index in [4.69, 9.17) is 4.74 Å². The summed E-state index contributed by atoms with van der Waals surface area (Å²) < 4.78 is 68.4. The topological polar surface area (TPSA) is 95.9 Å². The summed E-state index contributed by atoms with van der Waals surface area (Å²) in [4.78, 5) is 14.9. The highest BCUT2D eigenvalue weighted by molar-refractivity contribution is 7.91. The predicted molar refractivity (Wildman–Crippen MR) is 138 cm³/mol. The maximum atomic E-state index is 13.0. The van der Waals surface area contributed by atoms with Crippen molar-refractivity contribution in [2.45, 2.75) is 13.1 Å². The van der Waals surface area contributed by atoms with Crippen LogP contribution < -0.4 is 10.1 Å². The molecule has 2 N–H and O–H groups in total. The average Bonchev–Trinajstić information content (AvgIpc) is 2.87. The number of aromatic hydroxyl groups is 1. The van der Waals surface area contributed by atoms with Crippen molar-refractivity contribution < 1.29 is 36.2 Å². The zero-order valence-electron chi connectivity index (χ0n) is 20.6. The van der Waals surface area contributed by atoms with Gasteiger partial charge in [-0.05, 0) is 66.6 Å². The summed E-state index contributed by atoms with van der Waals surface area (Å²) in [7, 11) is -3.02. The van der Waals surface area contributed by atoms with Crippen molar-refractivity contribution in [1.82, 2.24) is 4.90 Å². The van der Waals surface area contributed by atoms with Gasteiger partial charge in [-0.15, -0.1) is 0 Å². The average molecular weight is 549 g/mol. The molecular formula is C27H27F3N2O5S. The Hall–Kier alpha value is -3.57. The molecule has 1 aliphatic heterocycles. The van der Waals surface area contributed by atoms with E-state index in [9.17, 15) is 31.5 Å². The van der Waals surface area contributed by atoms with Crippen LogP contribution in [0.5, 0.6) is 11.5 Å². The van der Waals surface area contributed by atoms with Crippen LogP contribution in [0, 0.1) is 6.92 Å². The Morgan fingerprint density at radius 2 is 1.71 bits per heavy atom. The number of carbonyl (C=O) groups excluding carboxylic acids is 1. The lowest BCUT2D eigenvalue weighted by Crippen LogP contribution is -2.42. The number of rotatable bonds is 7. The second kappa shape index (κ2) is 11.0. The number of amides is 1. The first-order valence-corrected chi connectivity index (χ1v) is 13.7. The molecule has 1 aliphatic rings. The Labute approximate surface area is 218 Å². The maximum Gasteiger partial charge on any atom is 0.416 e. The Morgan fingerprint density at radius 1 is 1.03 bits per heavy atom. The summed E-state index contributed by atoms with van der Waals surface area (Å²) in [6.45, 7) is 3.13. The number of ether oxygens (including phenoxy) is 1. The molecule has 0 spiro atoms. The van der Waals surface area contributed by atoms with Crippen LogP contribution in [0.2, 0.25) is 0 Å². The number of sulfone groups is 1. The van der Waals surface area contributed by atoms with Gasteiger partial charge in [0.1, 0.15) is 18.1 Å². The van der Waals surface area contributed by atoms with Crippen molar-refractivity contribution in [2.24, 2.45) is 0 Å². The van der Waals surface area contributed by atoms with Gasteiger partial charge in [-0.1, -0.05) is 12.1 Å². The molecule has 0 atom stereocenters. The largest absolute Gasteiger partial charge is 0.508 e. The van der Waals surface area contributed by atoms with Crippen molar-refractivity contribution in [3.63, 3.8) is 0 Å². The van der Waals surface area contributed by atoms with Gasteiger partial charge in [0.05, 0.1) is 17.1 Å². The highest BCUT2D eigenvalue weighted by Gasteiger charge is 2.30. The van der Waals surface area contributed by atoms with Crippen LogP contribution in [0.25, 0.3) is 11.1 Å². The van der Waals surface area contributed by atoms with E-state index in [1.807, 2.05) is 4.90 Å². The van der Waals surface area contributed by atoms with Gasteiger partial charge < -0.3 is 15.2 Å². The highest BCUT2D eigenvalue weighted by atomic mass is 32.2. The minimum Gasteiger partial charge on any atom is -0.508 e. The molecule has 1 heterocycles. The Balaban J connectivity index is 1.56. The highest BCUT2D eigenvalue weighted by Crippen LogP contribution is 2.35. The number of benzene rings is 3. The Bertz CT molecular complexity index is 1410. The number of hydrogen-bond acceptors (Lipinski definition) is 6. The quantitative estimate of drug-likeness (QED) is 0.414. The van der Waals surface area contributed by atoms with Crippen LogP contribution in [0.4, 0.5) is 18.9 Å². The molecule has 0 aromatic heterocycles. The van der Waals surface area contributed by atoms with E-state index < -0.39 is 27.5 Å². The molecule has 1 saturated heterocycles. The molecule has 11 heteroatoms. The van der Waals surface area contributed by atoms with Gasteiger partial charge >= 0.3 is 6.18 Å².